The summed E-state index contributed by atoms with van der Waals surface area (Å²) in [4.78, 5) is 11.4. The van der Waals surface area contributed by atoms with E-state index in [0.29, 0.717) is 17.8 Å². The van der Waals surface area contributed by atoms with Crippen LogP contribution >= 0.6 is 11.8 Å². The number of anilines is 1. The highest BCUT2D eigenvalue weighted by atomic mass is 32.2. The van der Waals surface area contributed by atoms with Gasteiger partial charge in [0.15, 0.2) is 0 Å². The highest BCUT2D eigenvalue weighted by molar-refractivity contribution is 8.04. The van der Waals surface area contributed by atoms with Crippen molar-refractivity contribution in [2.45, 2.75) is 25.2 Å². The van der Waals surface area contributed by atoms with Gasteiger partial charge in [0.25, 0.3) is 0 Å². The van der Waals surface area contributed by atoms with Crippen molar-refractivity contribution >= 4 is 29.1 Å². The van der Waals surface area contributed by atoms with Crippen molar-refractivity contribution in [3.63, 3.8) is 0 Å². The van der Waals surface area contributed by atoms with Crippen LogP contribution in [0.2, 0.25) is 0 Å². The number of allylic oxidation sites excluding steroid dienone is 2. The van der Waals surface area contributed by atoms with Gasteiger partial charge in [0.2, 0.25) is 0 Å². The molecule has 6 heteroatoms. The zero-order chi connectivity index (χ0) is 19.4. The number of aliphatic carboxylic acids is 1. The van der Waals surface area contributed by atoms with E-state index in [1.54, 1.807) is 23.9 Å². The third-order valence-electron chi connectivity index (χ3n) is 4.70. The van der Waals surface area contributed by atoms with E-state index in [9.17, 15) is 4.79 Å². The molecule has 1 atom stereocenters. The van der Waals surface area contributed by atoms with Crippen molar-refractivity contribution in [1.82, 2.24) is 0 Å². The lowest BCUT2D eigenvalue weighted by atomic mass is 9.94. The molecule has 0 fully saturated rings. The van der Waals surface area contributed by atoms with E-state index in [4.69, 9.17) is 22.0 Å². The molecule has 0 bridgehead atoms. The maximum absolute atomic E-state index is 10.6. The Bertz CT molecular complexity index is 873. The minimum atomic E-state index is -0.761. The lowest BCUT2D eigenvalue weighted by Crippen LogP contribution is -2.12. The fourth-order valence-corrected chi connectivity index (χ4v) is 4.41. The number of nitrogen functional groups attached to an aromatic ring is 1. The van der Waals surface area contributed by atoms with Gasteiger partial charge >= 0.3 is 5.97 Å². The zero-order valence-electron chi connectivity index (χ0n) is 14.9. The van der Waals surface area contributed by atoms with Gasteiger partial charge in [-0.05, 0) is 36.1 Å². The Kier molecular flexibility index (Phi) is 5.86. The number of rotatable bonds is 7. The molecule has 0 saturated heterocycles. The summed E-state index contributed by atoms with van der Waals surface area (Å²) in [6.45, 7) is 0. The minimum absolute atomic E-state index is 0.0900. The standard InChI is InChI=1S/C21H23N3O2S/c22-16-10-8-15(9-11-16)19(23)21-20(24)17(12-27-21)14-6-4-13(5-7-14)2-1-3-18(25)26/h4-11,17,23H,1-3,12,22,24H2,(H,25,26). The van der Waals surface area contributed by atoms with E-state index < -0.39 is 5.97 Å². The third-order valence-corrected chi connectivity index (χ3v) is 5.93. The van der Waals surface area contributed by atoms with E-state index >= 15 is 0 Å². The largest absolute Gasteiger partial charge is 0.481 e. The quantitative estimate of drug-likeness (QED) is 0.431. The van der Waals surface area contributed by atoms with Gasteiger partial charge < -0.3 is 16.6 Å². The molecule has 6 N–H and O–H groups in total. The van der Waals surface area contributed by atoms with Gasteiger partial charge in [0, 0.05) is 35.0 Å². The van der Waals surface area contributed by atoms with E-state index in [-0.39, 0.29) is 12.3 Å². The zero-order valence-corrected chi connectivity index (χ0v) is 15.8. The van der Waals surface area contributed by atoms with Crippen LogP contribution in [0.4, 0.5) is 5.69 Å². The van der Waals surface area contributed by atoms with Crippen LogP contribution in [0.1, 0.15) is 35.4 Å². The maximum Gasteiger partial charge on any atom is 0.303 e. The molecule has 1 unspecified atom stereocenters. The number of benzene rings is 2. The second-order valence-corrected chi connectivity index (χ2v) is 7.66. The van der Waals surface area contributed by atoms with Crippen LogP contribution in [0.3, 0.4) is 0 Å². The summed E-state index contributed by atoms with van der Waals surface area (Å²) in [6, 6.07) is 15.5. The molecule has 0 aromatic heterocycles. The van der Waals surface area contributed by atoms with E-state index in [1.165, 1.54) is 0 Å². The number of hydrogen-bond donors (Lipinski definition) is 4. The van der Waals surface area contributed by atoms with Crippen LogP contribution < -0.4 is 11.5 Å². The summed E-state index contributed by atoms with van der Waals surface area (Å²) in [5.74, 6) is 0.146. The predicted molar refractivity (Wildman–Crippen MR) is 111 cm³/mol. The van der Waals surface area contributed by atoms with Crippen LogP contribution in [0.25, 0.3) is 0 Å². The first-order valence-electron chi connectivity index (χ1n) is 8.83. The van der Waals surface area contributed by atoms with E-state index in [1.807, 2.05) is 24.3 Å². The second kappa shape index (κ2) is 8.31. The van der Waals surface area contributed by atoms with Crippen molar-refractivity contribution in [2.24, 2.45) is 5.73 Å². The Hall–Kier alpha value is -2.73. The number of thioether (sulfide) groups is 1. The van der Waals surface area contributed by atoms with Gasteiger partial charge in [-0.2, -0.15) is 0 Å². The van der Waals surface area contributed by atoms with Crippen LogP contribution in [-0.4, -0.2) is 22.5 Å². The summed E-state index contributed by atoms with van der Waals surface area (Å²) in [5, 5.41) is 17.2. The Morgan fingerprint density at radius 2 is 1.78 bits per heavy atom. The molecule has 2 aromatic rings. The lowest BCUT2D eigenvalue weighted by molar-refractivity contribution is -0.137. The second-order valence-electron chi connectivity index (χ2n) is 6.63. The summed E-state index contributed by atoms with van der Waals surface area (Å²) >= 11 is 1.62. The number of nitrogens with two attached hydrogens (primary N) is 2. The molecule has 3 rings (SSSR count). The molecular formula is C21H23N3O2S. The summed E-state index contributed by atoms with van der Waals surface area (Å²) in [5.41, 5.74) is 17.0. The normalized spacial score (nSPS) is 16.5. The van der Waals surface area contributed by atoms with Crippen LogP contribution in [0.15, 0.2) is 59.1 Å². The van der Waals surface area contributed by atoms with Crippen molar-refractivity contribution in [3.8, 4) is 0 Å². The fourth-order valence-electron chi connectivity index (χ4n) is 3.13. The minimum Gasteiger partial charge on any atom is -0.481 e. The molecule has 27 heavy (non-hydrogen) atoms. The molecule has 2 aromatic carbocycles. The smallest absolute Gasteiger partial charge is 0.303 e. The average molecular weight is 382 g/mol. The molecule has 1 heterocycles. The Balaban J connectivity index is 1.71. The number of hydrogen-bond acceptors (Lipinski definition) is 5. The topological polar surface area (TPSA) is 113 Å². The van der Waals surface area contributed by atoms with Crippen molar-refractivity contribution < 1.29 is 9.90 Å². The lowest BCUT2D eigenvalue weighted by Gasteiger charge is -2.12. The highest BCUT2D eigenvalue weighted by Gasteiger charge is 2.28. The van der Waals surface area contributed by atoms with Crippen molar-refractivity contribution in [2.75, 3.05) is 11.5 Å². The maximum atomic E-state index is 10.6. The molecule has 5 nitrogen and oxygen atoms in total. The van der Waals surface area contributed by atoms with Crippen molar-refractivity contribution in [3.05, 3.63) is 75.8 Å². The SMILES string of the molecule is N=C(C1=C(N)C(c2ccc(CCCC(=O)O)cc2)CS1)c1ccc(N)cc1. The van der Waals surface area contributed by atoms with Gasteiger partial charge in [-0.25, -0.2) is 0 Å². The average Bonchev–Trinajstić information content (AvgIpc) is 3.03. The van der Waals surface area contributed by atoms with Gasteiger partial charge in [-0.15, -0.1) is 11.8 Å². The summed E-state index contributed by atoms with van der Waals surface area (Å²) in [7, 11) is 0. The van der Waals surface area contributed by atoms with Crippen LogP contribution in [0, 0.1) is 5.41 Å². The number of aryl methyl sites for hydroxylation is 1. The van der Waals surface area contributed by atoms with Gasteiger partial charge in [-0.1, -0.05) is 36.4 Å². The molecule has 140 valence electrons. The summed E-state index contributed by atoms with van der Waals surface area (Å²) < 4.78 is 0. The Labute approximate surface area is 163 Å². The van der Waals surface area contributed by atoms with E-state index in [2.05, 4.69) is 12.1 Å². The number of carboxylic acids is 1. The molecule has 0 aliphatic carbocycles. The summed E-state index contributed by atoms with van der Waals surface area (Å²) in [6.07, 6.45) is 1.58. The molecule has 0 saturated carbocycles. The molecular weight excluding hydrogens is 358 g/mol. The van der Waals surface area contributed by atoms with E-state index in [0.717, 1.165) is 39.5 Å². The van der Waals surface area contributed by atoms with Crippen LogP contribution in [-0.2, 0) is 11.2 Å². The van der Waals surface area contributed by atoms with Gasteiger partial charge in [-0.3, -0.25) is 10.2 Å². The first-order valence-corrected chi connectivity index (χ1v) is 9.82. The Morgan fingerprint density at radius 1 is 1.11 bits per heavy atom. The monoisotopic (exact) mass is 381 g/mol. The molecule has 0 radical (unpaired) electrons. The number of carbonyl (C=O) groups is 1. The molecule has 0 amide bonds. The number of carboxylic acid groups (broad SMARTS) is 1. The Morgan fingerprint density at radius 3 is 2.41 bits per heavy atom. The first kappa shape index (κ1) is 19.0. The molecule has 1 aliphatic heterocycles. The van der Waals surface area contributed by atoms with Crippen LogP contribution in [0.5, 0.6) is 0 Å². The number of nitrogens with one attached hydrogen (secondary N) is 1. The first-order chi connectivity index (χ1) is 13.0. The molecule has 0 spiro atoms. The fraction of sp³-hybridized carbons (Fsp3) is 0.238. The third kappa shape index (κ3) is 4.52. The van der Waals surface area contributed by atoms with Gasteiger partial charge in [0.05, 0.1) is 10.6 Å². The van der Waals surface area contributed by atoms with Gasteiger partial charge in [0.1, 0.15) is 0 Å². The van der Waals surface area contributed by atoms with Crippen molar-refractivity contribution in [1.29, 1.82) is 5.41 Å². The molecule has 1 aliphatic rings. The predicted octanol–water partition coefficient (Wildman–Crippen LogP) is 3.74. The highest BCUT2D eigenvalue weighted by Crippen LogP contribution is 2.40.